The standard InChI is InChI=1S/C16H20N2/c1-12(2)14-6-10-16(11-7-14)18(17)15-8-4-13(3)5-9-15/h4-12H,17H2,1-3H3. The zero-order valence-electron chi connectivity index (χ0n) is 11.2. The van der Waals surface area contributed by atoms with Crippen molar-refractivity contribution in [3.63, 3.8) is 0 Å². The van der Waals surface area contributed by atoms with Crippen LogP contribution in [0, 0.1) is 6.92 Å². The molecule has 2 aromatic carbocycles. The van der Waals surface area contributed by atoms with Gasteiger partial charge >= 0.3 is 0 Å². The smallest absolute Gasteiger partial charge is 0.0575 e. The third-order valence-corrected chi connectivity index (χ3v) is 3.15. The molecule has 2 aromatic rings. The summed E-state index contributed by atoms with van der Waals surface area (Å²) < 4.78 is 0. The van der Waals surface area contributed by atoms with Gasteiger partial charge in [-0.1, -0.05) is 43.7 Å². The molecule has 18 heavy (non-hydrogen) atoms. The number of aryl methyl sites for hydroxylation is 1. The van der Waals surface area contributed by atoms with Crippen LogP contribution in [0.1, 0.15) is 30.9 Å². The van der Waals surface area contributed by atoms with E-state index in [1.165, 1.54) is 11.1 Å². The van der Waals surface area contributed by atoms with E-state index in [1.807, 2.05) is 12.1 Å². The Labute approximate surface area is 109 Å². The van der Waals surface area contributed by atoms with Gasteiger partial charge in [-0.2, -0.15) is 0 Å². The Balaban J connectivity index is 2.23. The van der Waals surface area contributed by atoms with E-state index in [0.717, 1.165) is 11.4 Å². The van der Waals surface area contributed by atoms with Gasteiger partial charge in [-0.05, 0) is 42.7 Å². The second kappa shape index (κ2) is 5.23. The van der Waals surface area contributed by atoms with Gasteiger partial charge in [-0.15, -0.1) is 0 Å². The molecule has 2 rings (SSSR count). The third kappa shape index (κ3) is 2.71. The quantitative estimate of drug-likeness (QED) is 0.645. The molecule has 0 amide bonds. The Hall–Kier alpha value is -1.80. The molecule has 0 heterocycles. The lowest BCUT2D eigenvalue weighted by molar-refractivity contribution is 0.866. The highest BCUT2D eigenvalue weighted by Gasteiger charge is 2.05. The number of nitrogens with zero attached hydrogens (tertiary/aromatic N) is 1. The molecular weight excluding hydrogens is 220 g/mol. The second-order valence-corrected chi connectivity index (χ2v) is 4.95. The summed E-state index contributed by atoms with van der Waals surface area (Å²) in [4.78, 5) is 0. The number of hydrogen-bond acceptors (Lipinski definition) is 2. The minimum absolute atomic E-state index is 0.546. The van der Waals surface area contributed by atoms with E-state index in [-0.39, 0.29) is 0 Å². The van der Waals surface area contributed by atoms with Gasteiger partial charge in [0, 0.05) is 0 Å². The minimum atomic E-state index is 0.546. The predicted molar refractivity (Wildman–Crippen MR) is 78.0 cm³/mol. The Morgan fingerprint density at radius 2 is 1.28 bits per heavy atom. The molecule has 0 saturated carbocycles. The van der Waals surface area contributed by atoms with Crippen LogP contribution in [0.4, 0.5) is 11.4 Å². The Kier molecular flexibility index (Phi) is 3.68. The van der Waals surface area contributed by atoms with Crippen LogP contribution < -0.4 is 10.9 Å². The normalized spacial score (nSPS) is 10.7. The molecule has 0 spiro atoms. The van der Waals surface area contributed by atoms with Crippen LogP contribution in [0.5, 0.6) is 0 Å². The Bertz CT molecular complexity index is 498. The minimum Gasteiger partial charge on any atom is -0.280 e. The van der Waals surface area contributed by atoms with E-state index in [0.29, 0.717) is 5.92 Å². The summed E-state index contributed by atoms with van der Waals surface area (Å²) in [6.45, 7) is 6.45. The summed E-state index contributed by atoms with van der Waals surface area (Å²) in [5, 5.41) is 1.71. The summed E-state index contributed by atoms with van der Waals surface area (Å²) >= 11 is 0. The molecule has 0 aliphatic heterocycles. The molecule has 2 nitrogen and oxygen atoms in total. The average Bonchev–Trinajstić information content (AvgIpc) is 2.39. The van der Waals surface area contributed by atoms with Crippen molar-refractivity contribution < 1.29 is 0 Å². The first-order valence-electron chi connectivity index (χ1n) is 6.29. The van der Waals surface area contributed by atoms with Crippen LogP contribution in [0.25, 0.3) is 0 Å². The fourth-order valence-corrected chi connectivity index (χ4v) is 1.87. The van der Waals surface area contributed by atoms with Gasteiger partial charge in [-0.25, -0.2) is 5.84 Å². The number of rotatable bonds is 3. The lowest BCUT2D eigenvalue weighted by atomic mass is 10.0. The van der Waals surface area contributed by atoms with E-state index in [9.17, 15) is 0 Å². The zero-order valence-corrected chi connectivity index (χ0v) is 11.2. The zero-order chi connectivity index (χ0) is 13.1. The first-order valence-corrected chi connectivity index (χ1v) is 6.29. The summed E-state index contributed by atoms with van der Waals surface area (Å²) in [7, 11) is 0. The van der Waals surface area contributed by atoms with Gasteiger partial charge in [0.2, 0.25) is 0 Å². The van der Waals surface area contributed by atoms with Crippen LogP contribution in [0.2, 0.25) is 0 Å². The van der Waals surface area contributed by atoms with Crippen LogP contribution in [-0.4, -0.2) is 0 Å². The van der Waals surface area contributed by atoms with Gasteiger partial charge in [0.15, 0.2) is 0 Å². The van der Waals surface area contributed by atoms with E-state index >= 15 is 0 Å². The van der Waals surface area contributed by atoms with E-state index in [2.05, 4.69) is 57.2 Å². The van der Waals surface area contributed by atoms with Crippen molar-refractivity contribution in [1.82, 2.24) is 0 Å². The lowest BCUT2D eigenvalue weighted by Crippen LogP contribution is -2.24. The molecular formula is C16H20N2. The van der Waals surface area contributed by atoms with Crippen LogP contribution >= 0.6 is 0 Å². The van der Waals surface area contributed by atoms with Crippen LogP contribution in [-0.2, 0) is 0 Å². The van der Waals surface area contributed by atoms with Crippen molar-refractivity contribution in [3.05, 3.63) is 59.7 Å². The summed E-state index contributed by atoms with van der Waals surface area (Å²) in [6, 6.07) is 16.6. The molecule has 94 valence electrons. The third-order valence-electron chi connectivity index (χ3n) is 3.15. The molecule has 0 radical (unpaired) electrons. The highest BCUT2D eigenvalue weighted by molar-refractivity contribution is 5.62. The molecule has 0 bridgehead atoms. The molecule has 0 saturated heterocycles. The van der Waals surface area contributed by atoms with Crippen molar-refractivity contribution in [2.24, 2.45) is 5.84 Å². The summed E-state index contributed by atoms with van der Waals surface area (Å²) in [5.74, 6) is 6.67. The van der Waals surface area contributed by atoms with E-state index in [4.69, 9.17) is 5.84 Å². The fourth-order valence-electron chi connectivity index (χ4n) is 1.87. The van der Waals surface area contributed by atoms with Gasteiger partial charge < -0.3 is 0 Å². The van der Waals surface area contributed by atoms with E-state index < -0.39 is 0 Å². The Morgan fingerprint density at radius 1 is 0.833 bits per heavy atom. The number of nitrogens with two attached hydrogens (primary N) is 1. The SMILES string of the molecule is Cc1ccc(N(N)c2ccc(C(C)C)cc2)cc1. The van der Waals surface area contributed by atoms with Crippen LogP contribution in [0.3, 0.4) is 0 Å². The van der Waals surface area contributed by atoms with Crippen molar-refractivity contribution in [2.75, 3.05) is 5.01 Å². The maximum atomic E-state index is 6.13. The van der Waals surface area contributed by atoms with Crippen molar-refractivity contribution in [2.45, 2.75) is 26.7 Å². The first-order chi connectivity index (χ1) is 8.58. The van der Waals surface area contributed by atoms with Crippen molar-refractivity contribution in [1.29, 1.82) is 0 Å². The first kappa shape index (κ1) is 12.7. The maximum Gasteiger partial charge on any atom is 0.0575 e. The summed E-state index contributed by atoms with van der Waals surface area (Å²) in [5.41, 5.74) is 4.57. The molecule has 0 unspecified atom stereocenters. The molecule has 0 fully saturated rings. The second-order valence-electron chi connectivity index (χ2n) is 4.95. The monoisotopic (exact) mass is 240 g/mol. The predicted octanol–water partition coefficient (Wildman–Crippen LogP) is 4.13. The molecule has 0 atom stereocenters. The Morgan fingerprint density at radius 3 is 1.72 bits per heavy atom. The topological polar surface area (TPSA) is 29.3 Å². The van der Waals surface area contributed by atoms with Crippen LogP contribution in [0.15, 0.2) is 48.5 Å². The van der Waals surface area contributed by atoms with Crippen molar-refractivity contribution in [3.8, 4) is 0 Å². The number of benzene rings is 2. The lowest BCUT2D eigenvalue weighted by Gasteiger charge is -2.19. The molecule has 2 heteroatoms. The molecule has 0 aliphatic carbocycles. The van der Waals surface area contributed by atoms with E-state index in [1.54, 1.807) is 5.01 Å². The maximum absolute atomic E-state index is 6.13. The molecule has 2 N–H and O–H groups in total. The average molecular weight is 240 g/mol. The number of anilines is 2. The number of hydrogen-bond donors (Lipinski definition) is 1. The van der Waals surface area contributed by atoms with Gasteiger partial charge in [0.05, 0.1) is 11.4 Å². The van der Waals surface area contributed by atoms with Gasteiger partial charge in [0.25, 0.3) is 0 Å². The van der Waals surface area contributed by atoms with Crippen molar-refractivity contribution >= 4 is 11.4 Å². The highest BCUT2D eigenvalue weighted by atomic mass is 15.4. The number of hydrazine groups is 1. The largest absolute Gasteiger partial charge is 0.280 e. The molecule has 0 aromatic heterocycles. The van der Waals surface area contributed by atoms with Gasteiger partial charge in [0.1, 0.15) is 0 Å². The summed E-state index contributed by atoms with van der Waals surface area (Å²) in [6.07, 6.45) is 0. The molecule has 0 aliphatic rings. The fraction of sp³-hybridized carbons (Fsp3) is 0.250. The van der Waals surface area contributed by atoms with Gasteiger partial charge in [-0.3, -0.25) is 5.01 Å². The highest BCUT2D eigenvalue weighted by Crippen LogP contribution is 2.24.